The average molecular weight is 197 g/mol. The lowest BCUT2D eigenvalue weighted by atomic mass is 10.3. The lowest BCUT2D eigenvalue weighted by Crippen LogP contribution is -2.36. The van der Waals surface area contributed by atoms with Crippen LogP contribution in [0.1, 0.15) is 5.69 Å². The van der Waals surface area contributed by atoms with Gasteiger partial charge in [-0.05, 0) is 6.54 Å². The van der Waals surface area contributed by atoms with E-state index in [9.17, 15) is 0 Å². The quantitative estimate of drug-likeness (QED) is 0.739. The fraction of sp³-hybridized carbons (Fsp3) is 0.667. The second-order valence-electron chi connectivity index (χ2n) is 3.26. The zero-order valence-corrected chi connectivity index (χ0v) is 8.11. The maximum Gasteiger partial charge on any atom is 0.297 e. The summed E-state index contributed by atoms with van der Waals surface area (Å²) in [4.78, 5) is 6.43. The number of nitrogens with two attached hydrogens (primary N) is 1. The summed E-state index contributed by atoms with van der Waals surface area (Å²) >= 11 is 0. The van der Waals surface area contributed by atoms with E-state index in [2.05, 4.69) is 9.88 Å². The molecule has 1 aliphatic heterocycles. The standard InChI is InChI=1S/C9H15N3O2/c10-2-1-8-7-14-9(11-8)12-3-5-13-6-4-12/h7H,1-6,10H2. The largest absolute Gasteiger partial charge is 0.432 e. The van der Waals surface area contributed by atoms with Gasteiger partial charge in [-0.1, -0.05) is 0 Å². The molecule has 1 aromatic heterocycles. The number of hydrogen-bond donors (Lipinski definition) is 1. The van der Waals surface area contributed by atoms with E-state index in [-0.39, 0.29) is 0 Å². The number of anilines is 1. The van der Waals surface area contributed by atoms with Gasteiger partial charge in [0.25, 0.3) is 6.01 Å². The molecule has 2 rings (SSSR count). The fourth-order valence-electron chi connectivity index (χ4n) is 1.46. The molecule has 0 radical (unpaired) electrons. The maximum atomic E-state index is 5.43. The summed E-state index contributed by atoms with van der Waals surface area (Å²) in [5.41, 5.74) is 6.36. The molecule has 1 aliphatic rings. The van der Waals surface area contributed by atoms with Crippen LogP contribution in [0, 0.1) is 0 Å². The smallest absolute Gasteiger partial charge is 0.297 e. The number of aromatic nitrogens is 1. The molecule has 1 fully saturated rings. The molecule has 0 spiro atoms. The molecule has 0 aromatic carbocycles. The molecular formula is C9H15N3O2. The first-order valence-corrected chi connectivity index (χ1v) is 4.87. The Hall–Kier alpha value is -1.07. The van der Waals surface area contributed by atoms with E-state index < -0.39 is 0 Å². The van der Waals surface area contributed by atoms with Gasteiger partial charge in [-0.25, -0.2) is 0 Å². The second-order valence-corrected chi connectivity index (χ2v) is 3.26. The lowest BCUT2D eigenvalue weighted by molar-refractivity contribution is 0.120. The van der Waals surface area contributed by atoms with Gasteiger partial charge in [-0.15, -0.1) is 0 Å². The number of morpholine rings is 1. The van der Waals surface area contributed by atoms with Crippen molar-refractivity contribution in [3.05, 3.63) is 12.0 Å². The van der Waals surface area contributed by atoms with Crippen LogP contribution in [0.5, 0.6) is 0 Å². The summed E-state index contributed by atoms with van der Waals surface area (Å²) in [6, 6.07) is 0.691. The first kappa shape index (κ1) is 9.48. The van der Waals surface area contributed by atoms with Crippen molar-refractivity contribution in [3.63, 3.8) is 0 Å². The van der Waals surface area contributed by atoms with Crippen molar-refractivity contribution >= 4 is 6.01 Å². The maximum absolute atomic E-state index is 5.43. The van der Waals surface area contributed by atoms with Gasteiger partial charge < -0.3 is 19.8 Å². The Balaban J connectivity index is 2.00. The highest BCUT2D eigenvalue weighted by molar-refractivity contribution is 5.27. The zero-order chi connectivity index (χ0) is 9.80. The molecule has 5 heteroatoms. The minimum atomic E-state index is 0.606. The van der Waals surface area contributed by atoms with Gasteiger partial charge in [0.1, 0.15) is 6.26 Å². The van der Waals surface area contributed by atoms with Crippen LogP contribution >= 0.6 is 0 Å². The summed E-state index contributed by atoms with van der Waals surface area (Å²) < 4.78 is 10.6. The van der Waals surface area contributed by atoms with Gasteiger partial charge in [0.05, 0.1) is 18.9 Å². The third-order valence-electron chi connectivity index (χ3n) is 2.22. The predicted molar refractivity (Wildman–Crippen MR) is 52.3 cm³/mol. The Morgan fingerprint density at radius 3 is 2.93 bits per heavy atom. The molecule has 2 N–H and O–H groups in total. The van der Waals surface area contributed by atoms with Crippen LogP contribution in [0.25, 0.3) is 0 Å². The average Bonchev–Trinajstić information content (AvgIpc) is 2.68. The van der Waals surface area contributed by atoms with Gasteiger partial charge in [0.2, 0.25) is 0 Å². The van der Waals surface area contributed by atoms with Crippen LogP contribution < -0.4 is 10.6 Å². The summed E-state index contributed by atoms with van der Waals surface area (Å²) in [5, 5.41) is 0. The lowest BCUT2D eigenvalue weighted by Gasteiger charge is -2.24. The predicted octanol–water partition coefficient (Wildman–Crippen LogP) is 0.0124. The Kier molecular flexibility index (Phi) is 3.00. The van der Waals surface area contributed by atoms with Crippen molar-refractivity contribution in [2.45, 2.75) is 6.42 Å². The monoisotopic (exact) mass is 197 g/mol. The van der Waals surface area contributed by atoms with Crippen LogP contribution in [0.3, 0.4) is 0 Å². The van der Waals surface area contributed by atoms with Gasteiger partial charge in [0.15, 0.2) is 0 Å². The molecular weight excluding hydrogens is 182 g/mol. The molecule has 0 amide bonds. The van der Waals surface area contributed by atoms with Gasteiger partial charge in [0, 0.05) is 19.5 Å². The van der Waals surface area contributed by atoms with E-state index >= 15 is 0 Å². The Morgan fingerprint density at radius 1 is 1.43 bits per heavy atom. The molecule has 0 atom stereocenters. The molecule has 0 unspecified atom stereocenters. The van der Waals surface area contributed by atoms with Gasteiger partial charge >= 0.3 is 0 Å². The second kappa shape index (κ2) is 4.43. The molecule has 78 valence electrons. The fourth-order valence-corrected chi connectivity index (χ4v) is 1.46. The first-order valence-electron chi connectivity index (χ1n) is 4.87. The SMILES string of the molecule is NCCc1coc(N2CCOCC2)n1. The van der Waals surface area contributed by atoms with Crippen LogP contribution in [-0.2, 0) is 11.2 Å². The molecule has 0 saturated carbocycles. The van der Waals surface area contributed by atoms with Crippen molar-refractivity contribution in [1.29, 1.82) is 0 Å². The third kappa shape index (κ3) is 2.05. The molecule has 1 saturated heterocycles. The van der Waals surface area contributed by atoms with Crippen molar-refractivity contribution in [2.24, 2.45) is 5.73 Å². The highest BCUT2D eigenvalue weighted by atomic mass is 16.5. The Bertz CT molecular complexity index is 281. The summed E-state index contributed by atoms with van der Waals surface area (Å²) in [6.07, 6.45) is 2.45. The van der Waals surface area contributed by atoms with Crippen molar-refractivity contribution in [3.8, 4) is 0 Å². The highest BCUT2D eigenvalue weighted by Gasteiger charge is 2.15. The number of nitrogens with zero attached hydrogens (tertiary/aromatic N) is 2. The van der Waals surface area contributed by atoms with E-state index in [1.54, 1.807) is 6.26 Å². The number of ether oxygens (including phenoxy) is 1. The zero-order valence-electron chi connectivity index (χ0n) is 8.11. The number of hydrogen-bond acceptors (Lipinski definition) is 5. The number of oxazole rings is 1. The van der Waals surface area contributed by atoms with E-state index in [0.717, 1.165) is 38.4 Å². The summed E-state index contributed by atoms with van der Waals surface area (Å²) in [7, 11) is 0. The van der Waals surface area contributed by atoms with E-state index in [4.69, 9.17) is 14.9 Å². The molecule has 0 aliphatic carbocycles. The van der Waals surface area contributed by atoms with Gasteiger partial charge in [-0.2, -0.15) is 4.98 Å². The molecule has 0 bridgehead atoms. The molecule has 14 heavy (non-hydrogen) atoms. The van der Waals surface area contributed by atoms with E-state index in [1.165, 1.54) is 0 Å². The van der Waals surface area contributed by atoms with Crippen LogP contribution in [0.2, 0.25) is 0 Å². The third-order valence-corrected chi connectivity index (χ3v) is 2.22. The van der Waals surface area contributed by atoms with Crippen LogP contribution in [-0.4, -0.2) is 37.8 Å². The van der Waals surface area contributed by atoms with E-state index in [0.29, 0.717) is 12.6 Å². The molecule has 2 heterocycles. The Morgan fingerprint density at radius 2 is 2.21 bits per heavy atom. The normalized spacial score (nSPS) is 17.4. The molecule has 5 nitrogen and oxygen atoms in total. The van der Waals surface area contributed by atoms with Crippen LogP contribution in [0.15, 0.2) is 10.7 Å². The molecule has 1 aromatic rings. The minimum absolute atomic E-state index is 0.606. The van der Waals surface area contributed by atoms with Crippen molar-refractivity contribution in [2.75, 3.05) is 37.7 Å². The summed E-state index contributed by atoms with van der Waals surface area (Å²) in [5.74, 6) is 0. The van der Waals surface area contributed by atoms with E-state index in [1.807, 2.05) is 0 Å². The van der Waals surface area contributed by atoms with Crippen molar-refractivity contribution in [1.82, 2.24) is 4.98 Å². The topological polar surface area (TPSA) is 64.5 Å². The van der Waals surface area contributed by atoms with Gasteiger partial charge in [-0.3, -0.25) is 0 Å². The van der Waals surface area contributed by atoms with Crippen LogP contribution in [0.4, 0.5) is 6.01 Å². The highest BCUT2D eigenvalue weighted by Crippen LogP contribution is 2.14. The number of rotatable bonds is 3. The van der Waals surface area contributed by atoms with Crippen molar-refractivity contribution < 1.29 is 9.15 Å². The minimum Gasteiger partial charge on any atom is -0.432 e. The first-order chi connectivity index (χ1) is 6.90. The summed E-state index contributed by atoms with van der Waals surface area (Å²) in [6.45, 7) is 3.80. The Labute approximate surface area is 82.8 Å².